The highest BCUT2D eigenvalue weighted by molar-refractivity contribution is 5.84. The SMILES string of the molecule is CC1CCC2(CC1)CCN(Cc1ccc(F)cc1)C2=O. The molecule has 0 radical (unpaired) electrons. The van der Waals surface area contributed by atoms with E-state index in [1.165, 1.54) is 25.0 Å². The number of hydrogen-bond acceptors (Lipinski definition) is 1. The molecule has 20 heavy (non-hydrogen) atoms. The van der Waals surface area contributed by atoms with Gasteiger partial charge in [0.2, 0.25) is 5.91 Å². The Morgan fingerprint density at radius 3 is 2.50 bits per heavy atom. The van der Waals surface area contributed by atoms with Gasteiger partial charge >= 0.3 is 0 Å². The molecule has 3 heteroatoms. The van der Waals surface area contributed by atoms with Gasteiger partial charge in [0.15, 0.2) is 0 Å². The Labute approximate surface area is 120 Å². The second-order valence-electron chi connectivity index (χ2n) is 6.57. The molecule has 1 spiro atoms. The van der Waals surface area contributed by atoms with Gasteiger partial charge in [-0.3, -0.25) is 4.79 Å². The van der Waals surface area contributed by atoms with Gasteiger partial charge in [-0.15, -0.1) is 0 Å². The Bertz CT molecular complexity index is 488. The van der Waals surface area contributed by atoms with Crippen LogP contribution >= 0.6 is 0 Å². The number of likely N-dealkylation sites (tertiary alicyclic amines) is 1. The molecule has 108 valence electrons. The number of benzene rings is 1. The third-order valence-corrected chi connectivity index (χ3v) is 5.12. The van der Waals surface area contributed by atoms with Gasteiger partial charge in [-0.1, -0.05) is 19.1 Å². The van der Waals surface area contributed by atoms with Crippen molar-refractivity contribution in [3.8, 4) is 0 Å². The molecule has 2 aliphatic rings. The molecular formula is C17H22FNO. The largest absolute Gasteiger partial charge is 0.338 e. The van der Waals surface area contributed by atoms with E-state index in [1.807, 2.05) is 4.90 Å². The molecule has 0 aromatic heterocycles. The van der Waals surface area contributed by atoms with Crippen LogP contribution in [-0.2, 0) is 11.3 Å². The fourth-order valence-corrected chi connectivity index (χ4v) is 3.63. The smallest absolute Gasteiger partial charge is 0.229 e. The van der Waals surface area contributed by atoms with Crippen LogP contribution in [0.1, 0.15) is 44.6 Å². The van der Waals surface area contributed by atoms with Crippen molar-refractivity contribution < 1.29 is 9.18 Å². The number of halogens is 1. The van der Waals surface area contributed by atoms with E-state index in [0.29, 0.717) is 12.5 Å². The van der Waals surface area contributed by atoms with Crippen molar-refractivity contribution in [3.63, 3.8) is 0 Å². The number of rotatable bonds is 2. The Balaban J connectivity index is 1.68. The lowest BCUT2D eigenvalue weighted by Gasteiger charge is -2.34. The normalized spacial score (nSPS) is 30.2. The Morgan fingerprint density at radius 2 is 1.85 bits per heavy atom. The first-order valence-electron chi connectivity index (χ1n) is 7.63. The van der Waals surface area contributed by atoms with Crippen LogP contribution in [-0.4, -0.2) is 17.4 Å². The third-order valence-electron chi connectivity index (χ3n) is 5.12. The molecule has 3 rings (SSSR count). The first-order chi connectivity index (χ1) is 9.59. The standard InChI is InChI=1S/C17H22FNO/c1-13-6-8-17(9-7-13)10-11-19(16(17)20)12-14-2-4-15(18)5-3-14/h2-5,13H,6-12H2,1H3. The van der Waals surface area contributed by atoms with Gasteiger partial charge in [0.25, 0.3) is 0 Å². The van der Waals surface area contributed by atoms with Crippen LogP contribution in [0.5, 0.6) is 0 Å². The molecule has 1 aromatic rings. The maximum atomic E-state index is 12.9. The predicted molar refractivity (Wildman–Crippen MR) is 76.5 cm³/mol. The molecule has 0 bridgehead atoms. The lowest BCUT2D eigenvalue weighted by atomic mass is 9.70. The van der Waals surface area contributed by atoms with E-state index in [4.69, 9.17) is 0 Å². The Hall–Kier alpha value is -1.38. The first-order valence-corrected chi connectivity index (χ1v) is 7.63. The summed E-state index contributed by atoms with van der Waals surface area (Å²) in [5, 5.41) is 0. The van der Waals surface area contributed by atoms with Crippen LogP contribution in [0.3, 0.4) is 0 Å². The summed E-state index contributed by atoms with van der Waals surface area (Å²) in [5.74, 6) is 0.868. The summed E-state index contributed by atoms with van der Waals surface area (Å²) in [4.78, 5) is 14.7. The molecule has 1 heterocycles. The molecule has 2 fully saturated rings. The monoisotopic (exact) mass is 275 g/mol. The van der Waals surface area contributed by atoms with Crippen molar-refractivity contribution in [2.75, 3.05) is 6.54 Å². The molecule has 1 aromatic carbocycles. The minimum absolute atomic E-state index is 0.0768. The average Bonchev–Trinajstić information content (AvgIpc) is 2.74. The van der Waals surface area contributed by atoms with E-state index in [9.17, 15) is 9.18 Å². The number of amides is 1. The fourth-order valence-electron chi connectivity index (χ4n) is 3.63. The van der Waals surface area contributed by atoms with Gasteiger partial charge in [0.1, 0.15) is 5.82 Å². The predicted octanol–water partition coefficient (Wildman–Crippen LogP) is 3.75. The van der Waals surface area contributed by atoms with Crippen LogP contribution in [0.25, 0.3) is 0 Å². The minimum atomic E-state index is -0.223. The van der Waals surface area contributed by atoms with E-state index >= 15 is 0 Å². The molecule has 1 aliphatic heterocycles. The molecule has 2 nitrogen and oxygen atoms in total. The molecule has 1 saturated heterocycles. The van der Waals surface area contributed by atoms with Gasteiger partial charge in [0, 0.05) is 13.1 Å². The van der Waals surface area contributed by atoms with Crippen molar-refractivity contribution in [1.82, 2.24) is 4.90 Å². The molecule has 1 saturated carbocycles. The van der Waals surface area contributed by atoms with E-state index < -0.39 is 0 Å². The Morgan fingerprint density at radius 1 is 1.20 bits per heavy atom. The Kier molecular flexibility index (Phi) is 3.53. The summed E-state index contributed by atoms with van der Waals surface area (Å²) < 4.78 is 12.9. The summed E-state index contributed by atoms with van der Waals surface area (Å²) >= 11 is 0. The molecular weight excluding hydrogens is 253 g/mol. The second-order valence-corrected chi connectivity index (χ2v) is 6.57. The van der Waals surface area contributed by atoms with Crippen LogP contribution in [0, 0.1) is 17.2 Å². The van der Waals surface area contributed by atoms with Crippen molar-refractivity contribution in [3.05, 3.63) is 35.6 Å². The van der Waals surface area contributed by atoms with E-state index in [-0.39, 0.29) is 11.2 Å². The van der Waals surface area contributed by atoms with Crippen molar-refractivity contribution >= 4 is 5.91 Å². The quantitative estimate of drug-likeness (QED) is 0.805. The zero-order valence-corrected chi connectivity index (χ0v) is 12.1. The van der Waals surface area contributed by atoms with Gasteiger partial charge in [-0.25, -0.2) is 4.39 Å². The second kappa shape index (κ2) is 5.19. The van der Waals surface area contributed by atoms with Gasteiger partial charge in [-0.05, 0) is 55.7 Å². The zero-order valence-electron chi connectivity index (χ0n) is 12.1. The van der Waals surface area contributed by atoms with Gasteiger partial charge in [0.05, 0.1) is 5.41 Å². The van der Waals surface area contributed by atoms with Gasteiger partial charge in [-0.2, -0.15) is 0 Å². The van der Waals surface area contributed by atoms with E-state index in [2.05, 4.69) is 6.92 Å². The fraction of sp³-hybridized carbons (Fsp3) is 0.588. The van der Waals surface area contributed by atoms with E-state index in [1.54, 1.807) is 12.1 Å². The molecule has 1 amide bonds. The topological polar surface area (TPSA) is 20.3 Å². The number of hydrogen-bond donors (Lipinski definition) is 0. The van der Waals surface area contributed by atoms with E-state index in [0.717, 1.165) is 37.3 Å². The first kappa shape index (κ1) is 13.6. The number of carbonyl (C=O) groups is 1. The maximum absolute atomic E-state index is 12.9. The van der Waals surface area contributed by atoms with Crippen LogP contribution in [0.4, 0.5) is 4.39 Å². The van der Waals surface area contributed by atoms with Crippen LogP contribution in [0.2, 0.25) is 0 Å². The van der Waals surface area contributed by atoms with Crippen LogP contribution in [0.15, 0.2) is 24.3 Å². The summed E-state index contributed by atoms with van der Waals surface area (Å²) in [7, 11) is 0. The molecule has 0 atom stereocenters. The molecule has 0 N–H and O–H groups in total. The highest BCUT2D eigenvalue weighted by Crippen LogP contribution is 2.46. The average molecular weight is 275 g/mol. The summed E-state index contributed by atoms with van der Waals surface area (Å²) in [6, 6.07) is 6.48. The summed E-state index contributed by atoms with van der Waals surface area (Å²) in [6.45, 7) is 3.75. The highest BCUT2D eigenvalue weighted by atomic mass is 19.1. The molecule has 0 unspecified atom stereocenters. The summed E-state index contributed by atoms with van der Waals surface area (Å²) in [6.07, 6.45) is 5.45. The molecule has 1 aliphatic carbocycles. The maximum Gasteiger partial charge on any atom is 0.229 e. The van der Waals surface area contributed by atoms with Crippen molar-refractivity contribution in [1.29, 1.82) is 0 Å². The highest BCUT2D eigenvalue weighted by Gasteiger charge is 2.47. The van der Waals surface area contributed by atoms with Gasteiger partial charge < -0.3 is 4.90 Å². The number of carbonyl (C=O) groups excluding carboxylic acids is 1. The zero-order chi connectivity index (χ0) is 14.2. The van der Waals surface area contributed by atoms with Crippen molar-refractivity contribution in [2.45, 2.75) is 45.6 Å². The van der Waals surface area contributed by atoms with Crippen LogP contribution < -0.4 is 0 Å². The number of nitrogens with zero attached hydrogens (tertiary/aromatic N) is 1. The van der Waals surface area contributed by atoms with Crippen molar-refractivity contribution in [2.24, 2.45) is 11.3 Å². The summed E-state index contributed by atoms with van der Waals surface area (Å²) in [5.41, 5.74) is 0.938. The third kappa shape index (κ3) is 2.46. The lowest BCUT2D eigenvalue weighted by molar-refractivity contribution is -0.138. The minimum Gasteiger partial charge on any atom is -0.338 e. The lowest BCUT2D eigenvalue weighted by Crippen LogP contribution is -2.36.